The largest absolute Gasteiger partial charge is 0.504 e. The maximum Gasteiger partial charge on any atom is 0.161 e. The summed E-state index contributed by atoms with van der Waals surface area (Å²) in [7, 11) is 0. The zero-order valence-electron chi connectivity index (χ0n) is 12.3. The van der Waals surface area contributed by atoms with Gasteiger partial charge in [0.2, 0.25) is 0 Å². The van der Waals surface area contributed by atoms with Gasteiger partial charge >= 0.3 is 0 Å². The SMILES string of the molecule is CCOc1cc(CN[C@H](C)c2ccccc2Cl)ccc1O. The molecule has 0 aliphatic heterocycles. The van der Waals surface area contributed by atoms with Crippen LogP contribution in [0.5, 0.6) is 11.5 Å². The molecule has 0 bridgehead atoms. The van der Waals surface area contributed by atoms with Crippen LogP contribution < -0.4 is 10.1 Å². The number of nitrogens with one attached hydrogen (secondary N) is 1. The number of phenols is 1. The van der Waals surface area contributed by atoms with Crippen molar-refractivity contribution in [2.45, 2.75) is 26.4 Å². The molecule has 0 aromatic heterocycles. The van der Waals surface area contributed by atoms with E-state index in [4.69, 9.17) is 16.3 Å². The number of hydrogen-bond acceptors (Lipinski definition) is 3. The van der Waals surface area contributed by atoms with Crippen molar-refractivity contribution in [3.05, 3.63) is 58.6 Å². The van der Waals surface area contributed by atoms with E-state index in [-0.39, 0.29) is 11.8 Å². The molecule has 3 nitrogen and oxygen atoms in total. The fraction of sp³-hybridized carbons (Fsp3) is 0.294. The highest BCUT2D eigenvalue weighted by molar-refractivity contribution is 6.31. The molecule has 2 rings (SSSR count). The van der Waals surface area contributed by atoms with Crippen LogP contribution in [0.2, 0.25) is 5.02 Å². The first-order valence-electron chi connectivity index (χ1n) is 7.04. The lowest BCUT2D eigenvalue weighted by molar-refractivity contribution is 0.317. The summed E-state index contributed by atoms with van der Waals surface area (Å²) in [5.41, 5.74) is 2.12. The van der Waals surface area contributed by atoms with E-state index < -0.39 is 0 Å². The van der Waals surface area contributed by atoms with Crippen LogP contribution >= 0.6 is 11.6 Å². The van der Waals surface area contributed by atoms with E-state index in [0.29, 0.717) is 18.9 Å². The Kier molecular flexibility index (Phi) is 5.48. The van der Waals surface area contributed by atoms with Crippen LogP contribution in [-0.2, 0) is 6.54 Å². The molecule has 0 radical (unpaired) electrons. The van der Waals surface area contributed by atoms with Gasteiger partial charge in [0.05, 0.1) is 6.61 Å². The smallest absolute Gasteiger partial charge is 0.161 e. The second-order valence-electron chi connectivity index (χ2n) is 4.86. The average Bonchev–Trinajstić information content (AvgIpc) is 2.48. The second-order valence-corrected chi connectivity index (χ2v) is 5.27. The number of ether oxygens (including phenoxy) is 1. The Morgan fingerprint density at radius 3 is 2.71 bits per heavy atom. The summed E-state index contributed by atoms with van der Waals surface area (Å²) in [6.45, 7) is 5.17. The number of halogens is 1. The van der Waals surface area contributed by atoms with Gasteiger partial charge in [-0.15, -0.1) is 0 Å². The first-order valence-corrected chi connectivity index (χ1v) is 7.42. The molecular weight excluding hydrogens is 286 g/mol. The van der Waals surface area contributed by atoms with Gasteiger partial charge in [-0.3, -0.25) is 0 Å². The maximum atomic E-state index is 9.70. The van der Waals surface area contributed by atoms with E-state index in [9.17, 15) is 5.11 Å². The minimum absolute atomic E-state index is 0.142. The fourth-order valence-corrected chi connectivity index (χ4v) is 2.45. The molecule has 0 aliphatic rings. The molecule has 0 saturated heterocycles. The summed E-state index contributed by atoms with van der Waals surface area (Å²) in [5.74, 6) is 0.682. The van der Waals surface area contributed by atoms with Crippen molar-refractivity contribution in [3.63, 3.8) is 0 Å². The van der Waals surface area contributed by atoms with Gasteiger partial charge in [0.15, 0.2) is 11.5 Å². The summed E-state index contributed by atoms with van der Waals surface area (Å²) >= 11 is 6.20. The zero-order valence-corrected chi connectivity index (χ0v) is 13.0. The first-order chi connectivity index (χ1) is 10.1. The molecule has 2 aromatic carbocycles. The van der Waals surface area contributed by atoms with E-state index >= 15 is 0 Å². The Morgan fingerprint density at radius 1 is 1.24 bits per heavy atom. The summed E-state index contributed by atoms with van der Waals surface area (Å²) in [4.78, 5) is 0. The van der Waals surface area contributed by atoms with Crippen molar-refractivity contribution >= 4 is 11.6 Å². The number of benzene rings is 2. The Balaban J connectivity index is 2.03. The van der Waals surface area contributed by atoms with Crippen molar-refractivity contribution in [2.75, 3.05) is 6.61 Å². The highest BCUT2D eigenvalue weighted by Crippen LogP contribution is 2.27. The summed E-state index contributed by atoms with van der Waals surface area (Å²) in [6, 6.07) is 13.3. The molecule has 112 valence electrons. The number of hydrogen-bond donors (Lipinski definition) is 2. The third-order valence-electron chi connectivity index (χ3n) is 3.31. The summed E-state index contributed by atoms with van der Waals surface area (Å²) in [5, 5.41) is 13.9. The van der Waals surface area contributed by atoms with Crippen LogP contribution in [0, 0.1) is 0 Å². The van der Waals surface area contributed by atoms with Crippen LogP contribution in [0.25, 0.3) is 0 Å². The molecule has 0 heterocycles. The van der Waals surface area contributed by atoms with Gasteiger partial charge in [0.25, 0.3) is 0 Å². The van der Waals surface area contributed by atoms with Gasteiger partial charge in [0, 0.05) is 17.6 Å². The predicted molar refractivity (Wildman–Crippen MR) is 86.0 cm³/mol. The minimum Gasteiger partial charge on any atom is -0.504 e. The molecule has 0 fully saturated rings. The second kappa shape index (κ2) is 7.34. The Bertz CT molecular complexity index is 601. The number of rotatable bonds is 6. The van der Waals surface area contributed by atoms with Crippen LogP contribution in [0.1, 0.15) is 31.0 Å². The van der Waals surface area contributed by atoms with Crippen LogP contribution in [0.15, 0.2) is 42.5 Å². The van der Waals surface area contributed by atoms with Crippen molar-refractivity contribution in [3.8, 4) is 11.5 Å². The highest BCUT2D eigenvalue weighted by atomic mass is 35.5. The Morgan fingerprint density at radius 2 is 2.00 bits per heavy atom. The molecular formula is C17H20ClNO2. The topological polar surface area (TPSA) is 41.5 Å². The van der Waals surface area contributed by atoms with Crippen molar-refractivity contribution in [2.24, 2.45) is 0 Å². The third kappa shape index (κ3) is 4.13. The highest BCUT2D eigenvalue weighted by Gasteiger charge is 2.09. The van der Waals surface area contributed by atoms with Gasteiger partial charge in [-0.05, 0) is 43.2 Å². The van der Waals surface area contributed by atoms with E-state index in [0.717, 1.165) is 16.1 Å². The van der Waals surface area contributed by atoms with E-state index in [1.165, 1.54) is 0 Å². The first kappa shape index (κ1) is 15.7. The van der Waals surface area contributed by atoms with Gasteiger partial charge < -0.3 is 15.2 Å². The average molecular weight is 306 g/mol. The normalized spacial score (nSPS) is 12.1. The molecule has 0 unspecified atom stereocenters. The molecule has 21 heavy (non-hydrogen) atoms. The standard InChI is InChI=1S/C17H20ClNO2/c1-3-21-17-10-13(8-9-16(17)20)11-19-12(2)14-6-4-5-7-15(14)18/h4-10,12,19-20H,3,11H2,1-2H3/t12-/m1/s1. The van der Waals surface area contributed by atoms with Gasteiger partial charge in [0.1, 0.15) is 0 Å². The van der Waals surface area contributed by atoms with Gasteiger partial charge in [-0.1, -0.05) is 35.9 Å². The van der Waals surface area contributed by atoms with Gasteiger partial charge in [-0.25, -0.2) is 0 Å². The molecule has 0 amide bonds. The lowest BCUT2D eigenvalue weighted by atomic mass is 10.1. The van der Waals surface area contributed by atoms with E-state index in [1.54, 1.807) is 6.07 Å². The molecule has 4 heteroatoms. The monoisotopic (exact) mass is 305 g/mol. The van der Waals surface area contributed by atoms with E-state index in [1.807, 2.05) is 43.3 Å². The Hall–Kier alpha value is -1.71. The maximum absolute atomic E-state index is 9.70. The molecule has 2 N–H and O–H groups in total. The van der Waals surface area contributed by atoms with Gasteiger partial charge in [-0.2, -0.15) is 0 Å². The zero-order chi connectivity index (χ0) is 15.2. The van der Waals surface area contributed by atoms with Crippen LogP contribution in [0.3, 0.4) is 0 Å². The number of phenolic OH excluding ortho intramolecular Hbond substituents is 1. The van der Waals surface area contributed by atoms with Crippen LogP contribution in [0.4, 0.5) is 0 Å². The molecule has 1 atom stereocenters. The molecule has 2 aromatic rings. The Labute approximate surface area is 130 Å². The van der Waals surface area contributed by atoms with E-state index in [2.05, 4.69) is 12.2 Å². The predicted octanol–water partition coefficient (Wildman–Crippen LogP) is 4.30. The summed E-state index contributed by atoms with van der Waals surface area (Å²) < 4.78 is 5.39. The quantitative estimate of drug-likeness (QED) is 0.836. The summed E-state index contributed by atoms with van der Waals surface area (Å²) in [6.07, 6.45) is 0. The molecule has 0 saturated carbocycles. The van der Waals surface area contributed by atoms with Crippen molar-refractivity contribution in [1.29, 1.82) is 0 Å². The van der Waals surface area contributed by atoms with Crippen molar-refractivity contribution < 1.29 is 9.84 Å². The molecule has 0 spiro atoms. The minimum atomic E-state index is 0.142. The van der Waals surface area contributed by atoms with Crippen LogP contribution in [-0.4, -0.2) is 11.7 Å². The fourth-order valence-electron chi connectivity index (χ4n) is 2.15. The lowest BCUT2D eigenvalue weighted by Crippen LogP contribution is -2.18. The van der Waals surface area contributed by atoms with Crippen molar-refractivity contribution in [1.82, 2.24) is 5.32 Å². The lowest BCUT2D eigenvalue weighted by Gasteiger charge is -2.16. The third-order valence-corrected chi connectivity index (χ3v) is 3.65. The molecule has 0 aliphatic carbocycles. The number of aromatic hydroxyl groups is 1.